The normalized spacial score (nSPS) is 13.6. The molecule has 1 atom stereocenters. The molecule has 0 spiro atoms. The summed E-state index contributed by atoms with van der Waals surface area (Å²) in [6.07, 6.45) is 0.957. The van der Waals surface area contributed by atoms with E-state index in [-0.39, 0.29) is 0 Å². The van der Waals surface area contributed by atoms with Crippen molar-refractivity contribution in [2.75, 3.05) is 6.54 Å². The fourth-order valence-corrected chi connectivity index (χ4v) is 1.54. The van der Waals surface area contributed by atoms with Crippen molar-refractivity contribution in [1.82, 2.24) is 5.32 Å². The average Bonchev–Trinajstić information content (AvgIpc) is 2.20. The Hall–Kier alpha value is -0.780. The van der Waals surface area contributed by atoms with Crippen molar-refractivity contribution >= 4 is 5.91 Å². The minimum absolute atomic E-state index is 0.370. The third-order valence-corrected chi connectivity index (χ3v) is 2.49. The van der Waals surface area contributed by atoms with Crippen LogP contribution in [0, 0.1) is 0 Å². The molecule has 1 amide bonds. The maximum Gasteiger partial charge on any atom is 0.401 e. The molecule has 0 aromatic rings. The Bertz CT molecular complexity index is 219. The van der Waals surface area contributed by atoms with Crippen molar-refractivity contribution in [2.45, 2.75) is 57.7 Å². The molecule has 0 aromatic carbocycles. The SMILES string of the molecule is CCCCCCCC(NCC(F)(F)F)C(N)=O. The van der Waals surface area contributed by atoms with E-state index in [1.54, 1.807) is 0 Å². The van der Waals surface area contributed by atoms with Gasteiger partial charge in [0.25, 0.3) is 0 Å². The Morgan fingerprint density at radius 3 is 2.29 bits per heavy atom. The average molecular weight is 254 g/mol. The summed E-state index contributed by atoms with van der Waals surface area (Å²) in [5.74, 6) is -0.718. The van der Waals surface area contributed by atoms with E-state index in [0.29, 0.717) is 6.42 Å². The third-order valence-electron chi connectivity index (χ3n) is 2.49. The fraction of sp³-hybridized carbons (Fsp3) is 0.909. The topological polar surface area (TPSA) is 55.1 Å². The van der Waals surface area contributed by atoms with Gasteiger partial charge in [0.15, 0.2) is 0 Å². The number of hydrogen-bond donors (Lipinski definition) is 2. The molecule has 0 aromatic heterocycles. The van der Waals surface area contributed by atoms with Crippen molar-refractivity contribution in [1.29, 1.82) is 0 Å². The summed E-state index contributed by atoms with van der Waals surface area (Å²) >= 11 is 0. The smallest absolute Gasteiger partial charge is 0.368 e. The molecule has 3 nitrogen and oxygen atoms in total. The molecule has 0 aliphatic heterocycles. The molecule has 0 fully saturated rings. The van der Waals surface area contributed by atoms with E-state index >= 15 is 0 Å². The highest BCUT2D eigenvalue weighted by Gasteiger charge is 2.29. The van der Waals surface area contributed by atoms with E-state index in [1.165, 1.54) is 0 Å². The molecule has 0 saturated heterocycles. The summed E-state index contributed by atoms with van der Waals surface area (Å²) in [5, 5.41) is 2.15. The van der Waals surface area contributed by atoms with Crippen LogP contribution in [-0.2, 0) is 4.79 Å². The standard InChI is InChI=1S/C11H21F3N2O/c1-2-3-4-5-6-7-9(10(15)17)16-8-11(12,13)14/h9,16H,2-8H2,1H3,(H2,15,17). The number of nitrogens with one attached hydrogen (secondary N) is 1. The van der Waals surface area contributed by atoms with Gasteiger partial charge >= 0.3 is 6.18 Å². The molecule has 0 aliphatic rings. The van der Waals surface area contributed by atoms with Gasteiger partial charge in [0.1, 0.15) is 0 Å². The lowest BCUT2D eigenvalue weighted by Crippen LogP contribution is -2.45. The molecular weight excluding hydrogens is 233 g/mol. The molecule has 0 aliphatic carbocycles. The van der Waals surface area contributed by atoms with Crippen molar-refractivity contribution < 1.29 is 18.0 Å². The van der Waals surface area contributed by atoms with Crippen LogP contribution in [0.25, 0.3) is 0 Å². The fourth-order valence-electron chi connectivity index (χ4n) is 1.54. The van der Waals surface area contributed by atoms with Gasteiger partial charge in [-0.25, -0.2) is 0 Å². The molecule has 3 N–H and O–H groups in total. The van der Waals surface area contributed by atoms with Crippen molar-refractivity contribution in [3.63, 3.8) is 0 Å². The number of carbonyl (C=O) groups is 1. The predicted molar refractivity (Wildman–Crippen MR) is 60.4 cm³/mol. The van der Waals surface area contributed by atoms with Gasteiger partial charge in [-0.2, -0.15) is 13.2 Å². The zero-order chi connectivity index (χ0) is 13.3. The summed E-state index contributed by atoms with van der Waals surface area (Å²) < 4.78 is 35.9. The first kappa shape index (κ1) is 16.2. The molecular formula is C11H21F3N2O. The van der Waals surface area contributed by atoms with E-state index in [9.17, 15) is 18.0 Å². The van der Waals surface area contributed by atoms with Crippen LogP contribution in [0.1, 0.15) is 45.4 Å². The second-order valence-electron chi connectivity index (χ2n) is 4.15. The molecule has 17 heavy (non-hydrogen) atoms. The molecule has 0 saturated carbocycles. The number of rotatable bonds is 9. The van der Waals surface area contributed by atoms with Crippen molar-refractivity contribution in [3.8, 4) is 0 Å². The van der Waals surface area contributed by atoms with E-state index in [4.69, 9.17) is 5.73 Å². The Kier molecular flexibility index (Phi) is 7.95. The molecule has 0 bridgehead atoms. The van der Waals surface area contributed by atoms with Crippen molar-refractivity contribution in [2.24, 2.45) is 5.73 Å². The van der Waals surface area contributed by atoms with Gasteiger partial charge in [-0.15, -0.1) is 0 Å². The van der Waals surface area contributed by atoms with Crippen LogP contribution in [0.15, 0.2) is 0 Å². The molecule has 1 unspecified atom stereocenters. The van der Waals surface area contributed by atoms with E-state index in [0.717, 1.165) is 32.1 Å². The zero-order valence-corrected chi connectivity index (χ0v) is 10.1. The highest BCUT2D eigenvalue weighted by molar-refractivity contribution is 5.79. The maximum atomic E-state index is 12.0. The number of amides is 1. The number of primary amides is 1. The first-order valence-corrected chi connectivity index (χ1v) is 5.96. The molecule has 0 radical (unpaired) electrons. The summed E-state index contributed by atoms with van der Waals surface area (Å²) in [6, 6.07) is -0.877. The van der Waals surface area contributed by atoms with Crippen LogP contribution >= 0.6 is 0 Å². The first-order chi connectivity index (χ1) is 7.87. The van der Waals surface area contributed by atoms with Gasteiger partial charge in [-0.3, -0.25) is 10.1 Å². The van der Waals surface area contributed by atoms with Gasteiger partial charge in [-0.05, 0) is 6.42 Å². The van der Waals surface area contributed by atoms with E-state index in [2.05, 4.69) is 12.2 Å². The summed E-state index contributed by atoms with van der Waals surface area (Å²) in [4.78, 5) is 10.9. The monoisotopic (exact) mass is 254 g/mol. The third kappa shape index (κ3) is 10.1. The Morgan fingerprint density at radius 2 is 1.82 bits per heavy atom. The second-order valence-corrected chi connectivity index (χ2v) is 4.15. The van der Waals surface area contributed by atoms with Crippen LogP contribution in [0.3, 0.4) is 0 Å². The Morgan fingerprint density at radius 1 is 1.24 bits per heavy atom. The highest BCUT2D eigenvalue weighted by atomic mass is 19.4. The summed E-state index contributed by atoms with van der Waals surface area (Å²) in [6.45, 7) is 0.909. The predicted octanol–water partition coefficient (Wildman–Crippen LogP) is 2.35. The number of halogens is 3. The van der Waals surface area contributed by atoms with Gasteiger partial charge in [0, 0.05) is 0 Å². The lowest BCUT2D eigenvalue weighted by molar-refractivity contribution is -0.130. The summed E-state index contributed by atoms with van der Waals surface area (Å²) in [7, 11) is 0. The van der Waals surface area contributed by atoms with Crippen LogP contribution in [0.5, 0.6) is 0 Å². The summed E-state index contributed by atoms with van der Waals surface area (Å²) in [5.41, 5.74) is 5.04. The van der Waals surface area contributed by atoms with Gasteiger partial charge in [0.2, 0.25) is 5.91 Å². The quantitative estimate of drug-likeness (QED) is 0.620. The number of hydrogen-bond acceptors (Lipinski definition) is 2. The van der Waals surface area contributed by atoms with Gasteiger partial charge in [0.05, 0.1) is 12.6 Å². The number of alkyl halides is 3. The van der Waals surface area contributed by atoms with Crippen LogP contribution in [0.2, 0.25) is 0 Å². The van der Waals surface area contributed by atoms with E-state index < -0.39 is 24.7 Å². The molecule has 0 heterocycles. The Balaban J connectivity index is 3.80. The van der Waals surface area contributed by atoms with Crippen LogP contribution < -0.4 is 11.1 Å². The minimum atomic E-state index is -4.31. The van der Waals surface area contributed by atoms with Crippen LogP contribution in [0.4, 0.5) is 13.2 Å². The van der Waals surface area contributed by atoms with Crippen molar-refractivity contribution in [3.05, 3.63) is 0 Å². The lowest BCUT2D eigenvalue weighted by Gasteiger charge is -2.16. The Labute approximate surface area is 99.9 Å². The highest BCUT2D eigenvalue weighted by Crippen LogP contribution is 2.14. The number of carbonyl (C=O) groups excluding carboxylic acids is 1. The van der Waals surface area contributed by atoms with E-state index in [1.807, 2.05) is 0 Å². The molecule has 0 rings (SSSR count). The molecule has 6 heteroatoms. The molecule has 102 valence electrons. The number of unbranched alkanes of at least 4 members (excludes halogenated alkanes) is 4. The van der Waals surface area contributed by atoms with Gasteiger partial charge < -0.3 is 5.73 Å². The number of nitrogens with two attached hydrogens (primary N) is 1. The lowest BCUT2D eigenvalue weighted by atomic mass is 10.1. The largest absolute Gasteiger partial charge is 0.401 e. The minimum Gasteiger partial charge on any atom is -0.368 e. The second kappa shape index (κ2) is 8.33. The van der Waals surface area contributed by atoms with Gasteiger partial charge in [-0.1, -0.05) is 39.0 Å². The zero-order valence-electron chi connectivity index (χ0n) is 10.1. The first-order valence-electron chi connectivity index (χ1n) is 5.96. The maximum absolute atomic E-state index is 12.0. The van der Waals surface area contributed by atoms with Crippen LogP contribution in [-0.4, -0.2) is 24.7 Å².